The Balaban J connectivity index is 1.79. The van der Waals surface area contributed by atoms with Crippen LogP contribution in [0.3, 0.4) is 0 Å². The van der Waals surface area contributed by atoms with Gasteiger partial charge in [0.15, 0.2) is 5.82 Å². The SMILES string of the molecule is CCc1[nH]c2c(N3CCc4ccccc4C3)nccc2c1C. The van der Waals surface area contributed by atoms with Gasteiger partial charge in [-0.25, -0.2) is 4.98 Å². The van der Waals surface area contributed by atoms with Crippen LogP contribution >= 0.6 is 0 Å². The normalized spacial score (nSPS) is 14.4. The molecular formula is C19H21N3. The number of H-pyrrole nitrogens is 1. The Morgan fingerprint density at radius 2 is 2.00 bits per heavy atom. The largest absolute Gasteiger partial charge is 0.355 e. The lowest BCUT2D eigenvalue weighted by atomic mass is 10.00. The number of aryl methyl sites for hydroxylation is 2. The van der Waals surface area contributed by atoms with Crippen LogP contribution in [0.25, 0.3) is 10.9 Å². The molecule has 1 aromatic carbocycles. The van der Waals surface area contributed by atoms with Crippen molar-refractivity contribution < 1.29 is 0 Å². The van der Waals surface area contributed by atoms with Gasteiger partial charge in [0, 0.05) is 30.4 Å². The number of rotatable bonds is 2. The van der Waals surface area contributed by atoms with Crippen molar-refractivity contribution in [3.63, 3.8) is 0 Å². The molecule has 0 atom stereocenters. The van der Waals surface area contributed by atoms with Crippen LogP contribution in [0, 0.1) is 6.92 Å². The number of benzene rings is 1. The molecule has 1 aliphatic rings. The third-order valence-electron chi connectivity index (χ3n) is 4.85. The Kier molecular flexibility index (Phi) is 3.14. The number of nitrogens with zero attached hydrogens (tertiary/aromatic N) is 2. The third-order valence-corrected chi connectivity index (χ3v) is 4.85. The molecule has 3 nitrogen and oxygen atoms in total. The summed E-state index contributed by atoms with van der Waals surface area (Å²) < 4.78 is 0. The molecule has 0 saturated carbocycles. The summed E-state index contributed by atoms with van der Waals surface area (Å²) in [6.45, 7) is 6.37. The highest BCUT2D eigenvalue weighted by atomic mass is 15.2. The third kappa shape index (κ3) is 2.00. The number of fused-ring (bicyclic) bond motifs is 2. The molecule has 2 aromatic heterocycles. The van der Waals surface area contributed by atoms with Crippen LogP contribution in [-0.4, -0.2) is 16.5 Å². The van der Waals surface area contributed by atoms with Crippen molar-refractivity contribution in [1.29, 1.82) is 0 Å². The summed E-state index contributed by atoms with van der Waals surface area (Å²) in [5.74, 6) is 1.09. The number of hydrogen-bond donors (Lipinski definition) is 1. The molecule has 112 valence electrons. The van der Waals surface area contributed by atoms with E-state index < -0.39 is 0 Å². The fourth-order valence-corrected chi connectivity index (χ4v) is 3.56. The summed E-state index contributed by atoms with van der Waals surface area (Å²) in [5.41, 5.74) is 6.77. The molecular weight excluding hydrogens is 270 g/mol. The minimum atomic E-state index is 0.946. The van der Waals surface area contributed by atoms with E-state index in [4.69, 9.17) is 0 Å². The molecule has 0 fully saturated rings. The highest BCUT2D eigenvalue weighted by Gasteiger charge is 2.20. The lowest BCUT2D eigenvalue weighted by molar-refractivity contribution is 0.723. The van der Waals surface area contributed by atoms with Crippen molar-refractivity contribution >= 4 is 16.7 Å². The van der Waals surface area contributed by atoms with Crippen LogP contribution in [0.2, 0.25) is 0 Å². The first kappa shape index (κ1) is 13.4. The van der Waals surface area contributed by atoms with Gasteiger partial charge in [-0.3, -0.25) is 0 Å². The van der Waals surface area contributed by atoms with Crippen molar-refractivity contribution in [3.05, 3.63) is 58.9 Å². The molecule has 0 saturated heterocycles. The van der Waals surface area contributed by atoms with Gasteiger partial charge in [0.25, 0.3) is 0 Å². The molecule has 1 aliphatic heterocycles. The second-order valence-corrected chi connectivity index (χ2v) is 6.08. The summed E-state index contributed by atoms with van der Waals surface area (Å²) in [5, 5.41) is 1.31. The molecule has 1 N–H and O–H groups in total. The first-order valence-corrected chi connectivity index (χ1v) is 8.05. The van der Waals surface area contributed by atoms with Crippen LogP contribution in [0.15, 0.2) is 36.5 Å². The topological polar surface area (TPSA) is 31.9 Å². The summed E-state index contributed by atoms with van der Waals surface area (Å²) in [7, 11) is 0. The van der Waals surface area contributed by atoms with Gasteiger partial charge in [-0.2, -0.15) is 0 Å². The number of aromatic nitrogens is 2. The van der Waals surface area contributed by atoms with Crippen molar-refractivity contribution in [1.82, 2.24) is 9.97 Å². The van der Waals surface area contributed by atoms with Crippen LogP contribution < -0.4 is 4.90 Å². The average molecular weight is 291 g/mol. The van der Waals surface area contributed by atoms with Crippen LogP contribution in [0.5, 0.6) is 0 Å². The summed E-state index contributed by atoms with van der Waals surface area (Å²) in [6.07, 6.45) is 4.07. The first-order chi connectivity index (χ1) is 10.8. The lowest BCUT2D eigenvalue weighted by Gasteiger charge is -2.30. The van der Waals surface area contributed by atoms with Crippen LogP contribution in [-0.2, 0) is 19.4 Å². The Bertz CT molecular complexity index is 832. The van der Waals surface area contributed by atoms with E-state index in [1.54, 1.807) is 0 Å². The van der Waals surface area contributed by atoms with Crippen molar-refractivity contribution in [2.75, 3.05) is 11.4 Å². The highest BCUT2D eigenvalue weighted by Crippen LogP contribution is 2.31. The number of hydrogen-bond acceptors (Lipinski definition) is 2. The molecule has 3 heterocycles. The molecule has 22 heavy (non-hydrogen) atoms. The van der Waals surface area contributed by atoms with Gasteiger partial charge in [-0.1, -0.05) is 31.2 Å². The van der Waals surface area contributed by atoms with E-state index >= 15 is 0 Å². The van der Waals surface area contributed by atoms with Crippen molar-refractivity contribution in [2.45, 2.75) is 33.2 Å². The fraction of sp³-hybridized carbons (Fsp3) is 0.316. The molecule has 0 radical (unpaired) electrons. The fourth-order valence-electron chi connectivity index (χ4n) is 3.56. The monoisotopic (exact) mass is 291 g/mol. The van der Waals surface area contributed by atoms with Crippen LogP contribution in [0.4, 0.5) is 5.82 Å². The van der Waals surface area contributed by atoms with E-state index in [9.17, 15) is 0 Å². The molecule has 0 spiro atoms. The first-order valence-electron chi connectivity index (χ1n) is 8.05. The van der Waals surface area contributed by atoms with Gasteiger partial charge in [0.05, 0.1) is 5.52 Å². The second kappa shape index (κ2) is 5.16. The smallest absolute Gasteiger partial charge is 0.153 e. The summed E-state index contributed by atoms with van der Waals surface area (Å²) in [4.78, 5) is 10.7. The lowest BCUT2D eigenvalue weighted by Crippen LogP contribution is -2.31. The summed E-state index contributed by atoms with van der Waals surface area (Å²) >= 11 is 0. The molecule has 0 amide bonds. The quantitative estimate of drug-likeness (QED) is 0.774. The van der Waals surface area contributed by atoms with E-state index in [0.29, 0.717) is 0 Å². The molecule has 3 aromatic rings. The minimum Gasteiger partial charge on any atom is -0.355 e. The number of pyridine rings is 1. The minimum absolute atomic E-state index is 0.946. The zero-order chi connectivity index (χ0) is 15.1. The van der Waals surface area contributed by atoms with Gasteiger partial charge in [0.1, 0.15) is 0 Å². The summed E-state index contributed by atoms with van der Waals surface area (Å²) in [6, 6.07) is 10.9. The predicted molar refractivity (Wildman–Crippen MR) is 91.4 cm³/mol. The molecule has 0 bridgehead atoms. The van der Waals surface area contributed by atoms with Gasteiger partial charge in [0.2, 0.25) is 0 Å². The van der Waals surface area contributed by atoms with E-state index in [0.717, 1.165) is 31.7 Å². The predicted octanol–water partition coefficient (Wildman–Crippen LogP) is 4.00. The van der Waals surface area contributed by atoms with E-state index in [1.165, 1.54) is 33.3 Å². The van der Waals surface area contributed by atoms with E-state index in [2.05, 4.69) is 59.0 Å². The maximum atomic E-state index is 4.69. The zero-order valence-corrected chi connectivity index (χ0v) is 13.2. The number of nitrogens with one attached hydrogen (secondary N) is 1. The number of aromatic amines is 1. The van der Waals surface area contributed by atoms with Crippen molar-refractivity contribution in [2.24, 2.45) is 0 Å². The van der Waals surface area contributed by atoms with Gasteiger partial charge in [-0.15, -0.1) is 0 Å². The Hall–Kier alpha value is -2.29. The van der Waals surface area contributed by atoms with Gasteiger partial charge >= 0.3 is 0 Å². The maximum absolute atomic E-state index is 4.69. The molecule has 3 heteroatoms. The zero-order valence-electron chi connectivity index (χ0n) is 13.2. The Labute approximate surface area is 131 Å². The van der Waals surface area contributed by atoms with E-state index in [1.807, 2.05) is 6.20 Å². The van der Waals surface area contributed by atoms with Crippen LogP contribution in [0.1, 0.15) is 29.3 Å². The van der Waals surface area contributed by atoms with Gasteiger partial charge in [-0.05, 0) is 42.5 Å². The Morgan fingerprint density at radius 3 is 2.82 bits per heavy atom. The molecule has 0 aliphatic carbocycles. The number of anilines is 1. The molecule has 4 rings (SSSR count). The van der Waals surface area contributed by atoms with Crippen molar-refractivity contribution in [3.8, 4) is 0 Å². The second-order valence-electron chi connectivity index (χ2n) is 6.08. The standard InChI is InChI=1S/C19H21N3/c1-3-17-13(2)16-8-10-20-19(18(16)21-17)22-11-9-14-6-4-5-7-15(14)12-22/h4-8,10,21H,3,9,11-12H2,1-2H3. The van der Waals surface area contributed by atoms with E-state index in [-0.39, 0.29) is 0 Å². The Morgan fingerprint density at radius 1 is 1.18 bits per heavy atom. The maximum Gasteiger partial charge on any atom is 0.153 e. The molecule has 0 unspecified atom stereocenters. The highest BCUT2D eigenvalue weighted by molar-refractivity contribution is 5.92. The average Bonchev–Trinajstić information content (AvgIpc) is 2.91. The van der Waals surface area contributed by atoms with Gasteiger partial charge < -0.3 is 9.88 Å².